The molecule has 0 bridgehead atoms. The first-order chi connectivity index (χ1) is 9.76. The zero-order chi connectivity index (χ0) is 15.6. The molecule has 5 heteroatoms. The molecule has 2 aromatic rings. The van der Waals surface area contributed by atoms with Crippen LogP contribution in [0.2, 0.25) is 0 Å². The van der Waals surface area contributed by atoms with Crippen LogP contribution in [0.5, 0.6) is 5.75 Å². The van der Waals surface area contributed by atoms with Crippen molar-refractivity contribution in [1.82, 2.24) is 0 Å². The Morgan fingerprint density at radius 3 is 2.38 bits per heavy atom. The molecule has 2 nitrogen and oxygen atoms in total. The quantitative estimate of drug-likeness (QED) is 0.918. The molecular weight excluding hydrogens is 279 g/mol. The Bertz CT molecular complexity index is 638. The second kappa shape index (κ2) is 5.77. The molecule has 0 amide bonds. The summed E-state index contributed by atoms with van der Waals surface area (Å²) in [6.07, 6.45) is -4.71. The molecule has 0 aromatic heterocycles. The molecule has 2 N–H and O–H groups in total. The molecule has 1 unspecified atom stereocenters. The highest BCUT2D eigenvalue weighted by Gasteiger charge is 2.31. The van der Waals surface area contributed by atoms with Crippen molar-refractivity contribution in [2.45, 2.75) is 26.3 Å². The van der Waals surface area contributed by atoms with E-state index in [2.05, 4.69) is 4.74 Å². The van der Waals surface area contributed by atoms with E-state index in [0.29, 0.717) is 5.56 Å². The summed E-state index contributed by atoms with van der Waals surface area (Å²) in [5.74, 6) is -0.264. The molecule has 0 saturated carbocycles. The van der Waals surface area contributed by atoms with Gasteiger partial charge in [-0.1, -0.05) is 35.9 Å². The van der Waals surface area contributed by atoms with Gasteiger partial charge in [0.1, 0.15) is 5.75 Å². The van der Waals surface area contributed by atoms with Gasteiger partial charge < -0.3 is 10.5 Å². The summed E-state index contributed by atoms with van der Waals surface area (Å²) in [5.41, 5.74) is 9.73. The number of rotatable bonds is 3. The molecule has 2 rings (SSSR count). The lowest BCUT2D eigenvalue weighted by Crippen LogP contribution is -2.18. The first-order valence-corrected chi connectivity index (χ1v) is 6.45. The van der Waals surface area contributed by atoms with E-state index in [9.17, 15) is 13.2 Å². The van der Waals surface area contributed by atoms with Crippen LogP contribution in [0.3, 0.4) is 0 Å². The van der Waals surface area contributed by atoms with E-state index in [-0.39, 0.29) is 5.75 Å². The highest BCUT2D eigenvalue weighted by Crippen LogP contribution is 2.28. The predicted octanol–water partition coefficient (Wildman–Crippen LogP) is 4.25. The third kappa shape index (κ3) is 3.98. The number of hydrogen-bond acceptors (Lipinski definition) is 2. The van der Waals surface area contributed by atoms with Gasteiger partial charge in [-0.05, 0) is 42.7 Å². The van der Waals surface area contributed by atoms with E-state index in [4.69, 9.17) is 5.73 Å². The third-order valence-corrected chi connectivity index (χ3v) is 3.21. The Hall–Kier alpha value is -2.01. The zero-order valence-electron chi connectivity index (χ0n) is 11.7. The van der Waals surface area contributed by atoms with Crippen molar-refractivity contribution in [2.24, 2.45) is 5.73 Å². The van der Waals surface area contributed by atoms with E-state index >= 15 is 0 Å². The van der Waals surface area contributed by atoms with Gasteiger partial charge in [0.2, 0.25) is 0 Å². The number of ether oxygens (including phenoxy) is 1. The first kappa shape index (κ1) is 15.4. The van der Waals surface area contributed by atoms with Crippen molar-refractivity contribution in [3.8, 4) is 5.75 Å². The van der Waals surface area contributed by atoms with Gasteiger partial charge in [-0.3, -0.25) is 0 Å². The number of benzene rings is 2. The fourth-order valence-electron chi connectivity index (χ4n) is 2.26. The molecule has 0 aliphatic heterocycles. The topological polar surface area (TPSA) is 35.2 Å². The van der Waals surface area contributed by atoms with Crippen LogP contribution < -0.4 is 10.5 Å². The molecule has 21 heavy (non-hydrogen) atoms. The van der Waals surface area contributed by atoms with Gasteiger partial charge in [0, 0.05) is 0 Å². The van der Waals surface area contributed by atoms with Gasteiger partial charge in [0.25, 0.3) is 0 Å². The van der Waals surface area contributed by atoms with Crippen molar-refractivity contribution in [2.75, 3.05) is 0 Å². The Morgan fingerprint density at radius 1 is 1.05 bits per heavy atom. The van der Waals surface area contributed by atoms with E-state index in [1.807, 2.05) is 32.0 Å². The van der Waals surface area contributed by atoms with Crippen molar-refractivity contribution < 1.29 is 17.9 Å². The molecule has 0 saturated heterocycles. The normalized spacial score (nSPS) is 13.0. The minimum absolute atomic E-state index is 0.264. The van der Waals surface area contributed by atoms with E-state index in [0.717, 1.165) is 16.7 Å². The van der Waals surface area contributed by atoms with E-state index in [1.165, 1.54) is 18.2 Å². The lowest BCUT2D eigenvalue weighted by atomic mass is 9.94. The van der Waals surface area contributed by atoms with Crippen LogP contribution >= 0.6 is 0 Å². The second-order valence-corrected chi connectivity index (χ2v) is 4.96. The fourth-order valence-corrected chi connectivity index (χ4v) is 2.26. The molecule has 0 aliphatic carbocycles. The summed E-state index contributed by atoms with van der Waals surface area (Å²) >= 11 is 0. The third-order valence-electron chi connectivity index (χ3n) is 3.21. The summed E-state index contributed by atoms with van der Waals surface area (Å²) in [4.78, 5) is 0. The summed E-state index contributed by atoms with van der Waals surface area (Å²) in [6, 6.07) is 11.1. The zero-order valence-corrected chi connectivity index (χ0v) is 11.7. The summed E-state index contributed by atoms with van der Waals surface area (Å²) in [5, 5.41) is 0. The lowest BCUT2D eigenvalue weighted by Gasteiger charge is -2.17. The fraction of sp³-hybridized carbons (Fsp3) is 0.250. The van der Waals surface area contributed by atoms with Gasteiger partial charge in [-0.15, -0.1) is 13.2 Å². The molecule has 2 aromatic carbocycles. The molecule has 0 radical (unpaired) electrons. The minimum Gasteiger partial charge on any atom is -0.406 e. The van der Waals surface area contributed by atoms with Gasteiger partial charge in [0.15, 0.2) is 0 Å². The van der Waals surface area contributed by atoms with E-state index in [1.54, 1.807) is 6.07 Å². The number of alkyl halides is 3. The Labute approximate surface area is 121 Å². The van der Waals surface area contributed by atoms with Crippen LogP contribution in [0.25, 0.3) is 0 Å². The predicted molar refractivity (Wildman–Crippen MR) is 75.1 cm³/mol. The Kier molecular flexibility index (Phi) is 4.23. The van der Waals surface area contributed by atoms with E-state index < -0.39 is 12.4 Å². The summed E-state index contributed by atoms with van der Waals surface area (Å²) in [7, 11) is 0. The monoisotopic (exact) mass is 295 g/mol. The minimum atomic E-state index is -4.71. The summed E-state index contributed by atoms with van der Waals surface area (Å²) in [6.45, 7) is 3.90. The number of halogens is 3. The van der Waals surface area contributed by atoms with Gasteiger partial charge in [0.05, 0.1) is 6.04 Å². The highest BCUT2D eigenvalue weighted by atomic mass is 19.4. The van der Waals surface area contributed by atoms with Crippen molar-refractivity contribution in [1.29, 1.82) is 0 Å². The molecular formula is C16H16F3NO. The Morgan fingerprint density at radius 2 is 1.76 bits per heavy atom. The standard InChI is InChI=1S/C16H16F3NO/c1-10-6-7-14(11(2)8-10)15(20)12-4-3-5-13(9-12)21-16(17,18)19/h3-9,15H,20H2,1-2H3. The maximum absolute atomic E-state index is 12.3. The SMILES string of the molecule is Cc1ccc(C(N)c2cccc(OC(F)(F)F)c2)c(C)c1. The van der Waals surface area contributed by atoms with Crippen LogP contribution in [0.4, 0.5) is 13.2 Å². The maximum atomic E-state index is 12.3. The van der Waals surface area contributed by atoms with Crippen molar-refractivity contribution >= 4 is 0 Å². The van der Waals surface area contributed by atoms with Crippen LogP contribution in [0.15, 0.2) is 42.5 Å². The molecule has 0 fully saturated rings. The van der Waals surface area contributed by atoms with Crippen LogP contribution in [0, 0.1) is 13.8 Å². The molecule has 112 valence electrons. The Balaban J connectivity index is 2.31. The largest absolute Gasteiger partial charge is 0.573 e. The molecule has 1 atom stereocenters. The number of aryl methyl sites for hydroxylation is 2. The highest BCUT2D eigenvalue weighted by molar-refractivity contribution is 5.40. The molecule has 0 heterocycles. The smallest absolute Gasteiger partial charge is 0.406 e. The molecule has 0 aliphatic rings. The van der Waals surface area contributed by atoms with Crippen LogP contribution in [-0.2, 0) is 0 Å². The average Bonchev–Trinajstić information content (AvgIpc) is 2.36. The molecule has 0 spiro atoms. The summed E-state index contributed by atoms with van der Waals surface area (Å²) < 4.78 is 40.7. The lowest BCUT2D eigenvalue weighted by molar-refractivity contribution is -0.274. The van der Waals surface area contributed by atoms with Gasteiger partial charge >= 0.3 is 6.36 Å². The maximum Gasteiger partial charge on any atom is 0.573 e. The second-order valence-electron chi connectivity index (χ2n) is 4.96. The van der Waals surface area contributed by atoms with Crippen molar-refractivity contribution in [3.63, 3.8) is 0 Å². The van der Waals surface area contributed by atoms with Crippen molar-refractivity contribution in [3.05, 3.63) is 64.7 Å². The number of nitrogens with two attached hydrogens (primary N) is 1. The average molecular weight is 295 g/mol. The first-order valence-electron chi connectivity index (χ1n) is 6.45. The number of hydrogen-bond donors (Lipinski definition) is 1. The van der Waals surface area contributed by atoms with Crippen LogP contribution in [0.1, 0.15) is 28.3 Å². The van der Waals surface area contributed by atoms with Gasteiger partial charge in [-0.2, -0.15) is 0 Å². The van der Waals surface area contributed by atoms with Gasteiger partial charge in [-0.25, -0.2) is 0 Å². The van der Waals surface area contributed by atoms with Crippen LogP contribution in [-0.4, -0.2) is 6.36 Å².